The molecule has 5 heteroatoms. The molecule has 0 saturated heterocycles. The molecule has 1 fully saturated rings. The molecule has 1 aliphatic rings. The molecule has 2 unspecified atom stereocenters. The van der Waals surface area contributed by atoms with E-state index in [2.05, 4.69) is 23.8 Å². The molecule has 1 heterocycles. The predicted octanol–water partition coefficient (Wildman–Crippen LogP) is 3.71. The van der Waals surface area contributed by atoms with E-state index in [0.29, 0.717) is 33.6 Å². The topological polar surface area (TPSA) is 63.1 Å². The van der Waals surface area contributed by atoms with Crippen LogP contribution in [0.3, 0.4) is 0 Å². The van der Waals surface area contributed by atoms with Gasteiger partial charge in [-0.1, -0.05) is 13.8 Å². The van der Waals surface area contributed by atoms with Crippen LogP contribution in [-0.2, 0) is 0 Å². The molecule has 0 spiro atoms. The fourth-order valence-corrected chi connectivity index (χ4v) is 4.84. The summed E-state index contributed by atoms with van der Waals surface area (Å²) in [7, 11) is 0. The second-order valence-corrected chi connectivity index (χ2v) is 7.29. The van der Waals surface area contributed by atoms with Crippen LogP contribution in [0.2, 0.25) is 0 Å². The summed E-state index contributed by atoms with van der Waals surface area (Å²) in [6.45, 7) is 8.11. The maximum atomic E-state index is 11.4. The molecular weight excluding hydrogens is 272 g/mol. The van der Waals surface area contributed by atoms with Crippen LogP contribution in [0.25, 0.3) is 0 Å². The number of aromatic nitrogens is 2. The van der Waals surface area contributed by atoms with Crippen LogP contribution in [0.1, 0.15) is 55.0 Å². The number of carboxylic acid groups (broad SMARTS) is 1. The molecule has 1 saturated carbocycles. The predicted molar refractivity (Wildman–Crippen MR) is 80.3 cm³/mol. The molecule has 2 atom stereocenters. The fraction of sp³-hybridized carbons (Fsp3) is 0.667. The molecule has 0 aromatic carbocycles. The molecule has 2 rings (SSSR count). The highest BCUT2D eigenvalue weighted by molar-refractivity contribution is 7.99. The van der Waals surface area contributed by atoms with Gasteiger partial charge in [-0.2, -0.15) is 0 Å². The van der Waals surface area contributed by atoms with Gasteiger partial charge in [-0.15, -0.1) is 11.8 Å². The zero-order chi connectivity index (χ0) is 14.9. The number of aryl methyl sites for hydroxylation is 2. The Bertz CT molecular complexity index is 509. The molecule has 0 amide bonds. The molecule has 1 aromatic rings. The molecular formula is C15H22N2O2S. The molecule has 20 heavy (non-hydrogen) atoms. The van der Waals surface area contributed by atoms with Gasteiger partial charge in [0.15, 0.2) is 0 Å². The van der Waals surface area contributed by atoms with E-state index in [1.807, 2.05) is 6.92 Å². The zero-order valence-electron chi connectivity index (χ0n) is 12.5. The van der Waals surface area contributed by atoms with Crippen molar-refractivity contribution in [1.29, 1.82) is 0 Å². The molecule has 1 N–H and O–H groups in total. The number of aromatic carboxylic acids is 1. The molecule has 4 nitrogen and oxygen atoms in total. The normalized spacial score (nSPS) is 26.5. The van der Waals surface area contributed by atoms with Gasteiger partial charge in [0.25, 0.3) is 0 Å². The second kappa shape index (κ2) is 6.12. The van der Waals surface area contributed by atoms with Crippen molar-refractivity contribution in [2.45, 2.75) is 57.2 Å². The summed E-state index contributed by atoms with van der Waals surface area (Å²) in [4.78, 5) is 20.0. The minimum Gasteiger partial charge on any atom is -0.478 e. The van der Waals surface area contributed by atoms with Crippen molar-refractivity contribution in [2.24, 2.45) is 11.8 Å². The first kappa shape index (κ1) is 15.3. The highest BCUT2D eigenvalue weighted by Gasteiger charge is 2.27. The first-order chi connectivity index (χ1) is 9.36. The van der Waals surface area contributed by atoms with Crippen LogP contribution in [-0.4, -0.2) is 26.3 Å². The first-order valence-corrected chi connectivity index (χ1v) is 8.00. The summed E-state index contributed by atoms with van der Waals surface area (Å²) < 4.78 is 0. The van der Waals surface area contributed by atoms with Crippen LogP contribution in [0.5, 0.6) is 0 Å². The molecule has 1 aliphatic carbocycles. The van der Waals surface area contributed by atoms with Crippen molar-refractivity contribution in [3.8, 4) is 0 Å². The van der Waals surface area contributed by atoms with Crippen LogP contribution in [0.4, 0.5) is 0 Å². The van der Waals surface area contributed by atoms with Crippen molar-refractivity contribution in [2.75, 3.05) is 0 Å². The number of thioether (sulfide) groups is 1. The van der Waals surface area contributed by atoms with Crippen LogP contribution >= 0.6 is 11.8 Å². The Morgan fingerprint density at radius 3 is 2.30 bits per heavy atom. The second-order valence-electron chi connectivity index (χ2n) is 6.00. The highest BCUT2D eigenvalue weighted by Crippen LogP contribution is 2.39. The van der Waals surface area contributed by atoms with E-state index in [1.54, 1.807) is 18.7 Å². The number of hydrogen-bond acceptors (Lipinski definition) is 4. The SMILES string of the molecule is Cc1nc(C)c(C(=O)O)c(SC2CC(C)CC(C)C2)n1. The van der Waals surface area contributed by atoms with Gasteiger partial charge in [-0.3, -0.25) is 0 Å². The summed E-state index contributed by atoms with van der Waals surface area (Å²) >= 11 is 1.62. The first-order valence-electron chi connectivity index (χ1n) is 7.12. The largest absolute Gasteiger partial charge is 0.478 e. The van der Waals surface area contributed by atoms with E-state index >= 15 is 0 Å². The number of carbonyl (C=O) groups is 1. The Morgan fingerprint density at radius 2 is 1.75 bits per heavy atom. The van der Waals surface area contributed by atoms with Gasteiger partial charge in [0.2, 0.25) is 0 Å². The zero-order valence-corrected chi connectivity index (χ0v) is 13.3. The third kappa shape index (κ3) is 3.51. The van der Waals surface area contributed by atoms with E-state index in [0.717, 1.165) is 12.8 Å². The van der Waals surface area contributed by atoms with Crippen molar-refractivity contribution >= 4 is 17.7 Å². The molecule has 0 aliphatic heterocycles. The molecule has 0 radical (unpaired) electrons. The Labute approximate surface area is 124 Å². The Balaban J connectivity index is 2.26. The monoisotopic (exact) mass is 294 g/mol. The number of hydrogen-bond donors (Lipinski definition) is 1. The van der Waals surface area contributed by atoms with E-state index in [9.17, 15) is 9.90 Å². The average Bonchev–Trinajstić information content (AvgIpc) is 2.25. The van der Waals surface area contributed by atoms with Gasteiger partial charge in [0, 0.05) is 5.25 Å². The van der Waals surface area contributed by atoms with Crippen molar-refractivity contribution in [3.05, 3.63) is 17.1 Å². The lowest BCUT2D eigenvalue weighted by molar-refractivity contribution is 0.0690. The summed E-state index contributed by atoms with van der Waals surface area (Å²) in [6.07, 6.45) is 3.54. The lowest BCUT2D eigenvalue weighted by Gasteiger charge is -2.31. The number of carboxylic acids is 1. The van der Waals surface area contributed by atoms with E-state index in [-0.39, 0.29) is 5.56 Å². The highest BCUT2D eigenvalue weighted by atomic mass is 32.2. The number of nitrogens with zero attached hydrogens (tertiary/aromatic N) is 2. The molecule has 110 valence electrons. The third-order valence-corrected chi connectivity index (χ3v) is 5.03. The maximum absolute atomic E-state index is 11.4. The molecule has 0 bridgehead atoms. The van der Waals surface area contributed by atoms with Crippen LogP contribution in [0.15, 0.2) is 5.03 Å². The lowest BCUT2D eigenvalue weighted by atomic mass is 9.83. The van der Waals surface area contributed by atoms with E-state index in [1.165, 1.54) is 6.42 Å². The van der Waals surface area contributed by atoms with Crippen molar-refractivity contribution in [1.82, 2.24) is 9.97 Å². The quantitative estimate of drug-likeness (QED) is 0.861. The third-order valence-electron chi connectivity index (χ3n) is 3.80. The Morgan fingerprint density at radius 1 is 1.15 bits per heavy atom. The number of rotatable bonds is 3. The van der Waals surface area contributed by atoms with Gasteiger partial charge in [-0.25, -0.2) is 14.8 Å². The van der Waals surface area contributed by atoms with Crippen LogP contribution < -0.4 is 0 Å². The van der Waals surface area contributed by atoms with Crippen molar-refractivity contribution < 1.29 is 9.90 Å². The summed E-state index contributed by atoms with van der Waals surface area (Å²) in [5.41, 5.74) is 0.830. The summed E-state index contributed by atoms with van der Waals surface area (Å²) in [5.74, 6) is 1.12. The average molecular weight is 294 g/mol. The van der Waals surface area contributed by atoms with Crippen molar-refractivity contribution in [3.63, 3.8) is 0 Å². The fourth-order valence-electron chi connectivity index (χ4n) is 3.14. The van der Waals surface area contributed by atoms with Gasteiger partial charge >= 0.3 is 5.97 Å². The molecule has 1 aromatic heterocycles. The van der Waals surface area contributed by atoms with Gasteiger partial charge in [-0.05, 0) is 44.9 Å². The Hall–Kier alpha value is -1.10. The maximum Gasteiger partial charge on any atom is 0.340 e. The van der Waals surface area contributed by atoms with Gasteiger partial charge in [0.05, 0.1) is 5.69 Å². The lowest BCUT2D eigenvalue weighted by Crippen LogP contribution is -2.22. The minimum absolute atomic E-state index is 0.270. The minimum atomic E-state index is -0.929. The Kier molecular flexibility index (Phi) is 4.68. The smallest absolute Gasteiger partial charge is 0.340 e. The van der Waals surface area contributed by atoms with Gasteiger partial charge in [0.1, 0.15) is 16.4 Å². The summed E-state index contributed by atoms with van der Waals surface area (Å²) in [6, 6.07) is 0. The standard InChI is InChI=1S/C15H22N2O2S/c1-8-5-9(2)7-12(6-8)20-14-13(15(18)19)10(3)16-11(4)17-14/h8-9,12H,5-7H2,1-4H3,(H,18,19). The van der Waals surface area contributed by atoms with Gasteiger partial charge < -0.3 is 5.11 Å². The van der Waals surface area contributed by atoms with Crippen LogP contribution in [0, 0.1) is 25.7 Å². The van der Waals surface area contributed by atoms with E-state index < -0.39 is 5.97 Å². The van der Waals surface area contributed by atoms with E-state index in [4.69, 9.17) is 0 Å². The summed E-state index contributed by atoms with van der Waals surface area (Å²) in [5, 5.41) is 10.5.